The average molecular weight is 425 g/mol. The number of nitrogens with zero attached hydrogens (tertiary/aromatic N) is 4. The Morgan fingerprint density at radius 2 is 1.97 bits per heavy atom. The van der Waals surface area contributed by atoms with E-state index >= 15 is 0 Å². The third-order valence-electron chi connectivity index (χ3n) is 5.45. The Labute approximate surface area is 173 Å². The molecule has 1 aliphatic rings. The third kappa shape index (κ3) is 5.46. The minimum Gasteiger partial charge on any atom is -0.383 e. The summed E-state index contributed by atoms with van der Waals surface area (Å²) in [6.07, 6.45) is 7.28. The van der Waals surface area contributed by atoms with E-state index in [1.165, 1.54) is 0 Å². The number of aromatic nitrogens is 3. The largest absolute Gasteiger partial charge is 0.383 e. The van der Waals surface area contributed by atoms with E-state index < -0.39 is 9.84 Å². The molecule has 0 unspecified atom stereocenters. The highest BCUT2D eigenvalue weighted by molar-refractivity contribution is 7.91. The monoisotopic (exact) mass is 424 g/mol. The van der Waals surface area contributed by atoms with E-state index in [1.807, 2.05) is 24.6 Å². The van der Waals surface area contributed by atoms with Gasteiger partial charge in [0.15, 0.2) is 5.76 Å². The Bertz CT molecular complexity index is 882. The summed E-state index contributed by atoms with van der Waals surface area (Å²) in [7, 11) is 0.115. The Morgan fingerprint density at radius 3 is 2.59 bits per heavy atom. The van der Waals surface area contributed by atoms with E-state index in [0.29, 0.717) is 26.2 Å². The predicted octanol–water partition coefficient (Wildman–Crippen LogP) is 2.95. The highest BCUT2D eigenvalue weighted by Crippen LogP contribution is 2.28. The van der Waals surface area contributed by atoms with Crippen molar-refractivity contribution in [3.63, 3.8) is 0 Å². The lowest BCUT2D eigenvalue weighted by Crippen LogP contribution is -2.26. The van der Waals surface area contributed by atoms with Gasteiger partial charge in [0.05, 0.1) is 36.0 Å². The molecule has 3 rings (SSSR count). The van der Waals surface area contributed by atoms with Crippen LogP contribution < -0.4 is 0 Å². The van der Waals surface area contributed by atoms with E-state index in [-0.39, 0.29) is 10.4 Å². The summed E-state index contributed by atoms with van der Waals surface area (Å²) in [5.41, 5.74) is 1.70. The van der Waals surface area contributed by atoms with Crippen LogP contribution in [0.3, 0.4) is 0 Å². The van der Waals surface area contributed by atoms with Gasteiger partial charge in [-0.05, 0) is 26.8 Å². The van der Waals surface area contributed by atoms with Crippen molar-refractivity contribution in [2.75, 3.05) is 20.8 Å². The molecule has 0 N–H and O–H groups in total. The molecule has 0 aromatic carbocycles. The zero-order chi connectivity index (χ0) is 20.9. The lowest BCUT2D eigenvalue weighted by atomic mass is 10.2. The van der Waals surface area contributed by atoms with Crippen molar-refractivity contribution in [3.05, 3.63) is 29.4 Å². The number of rotatable bonds is 9. The highest BCUT2D eigenvalue weighted by atomic mass is 32.2. The first-order chi connectivity index (χ1) is 13.9. The third-order valence-corrected chi connectivity index (χ3v) is 7.63. The van der Waals surface area contributed by atoms with Gasteiger partial charge in [0.1, 0.15) is 0 Å². The summed E-state index contributed by atoms with van der Waals surface area (Å²) in [6.45, 7) is 3.92. The van der Waals surface area contributed by atoms with Crippen LogP contribution in [0, 0.1) is 6.92 Å². The summed E-state index contributed by atoms with van der Waals surface area (Å²) < 4.78 is 39.0. The van der Waals surface area contributed by atoms with E-state index in [2.05, 4.69) is 15.0 Å². The minimum atomic E-state index is -3.47. The minimum absolute atomic E-state index is 0.181. The molecule has 0 bridgehead atoms. The maximum absolute atomic E-state index is 13.4. The maximum atomic E-state index is 13.4. The number of hydrogen-bond donors (Lipinski definition) is 0. The quantitative estimate of drug-likeness (QED) is 0.572. The second-order valence-electron chi connectivity index (χ2n) is 7.94. The Kier molecular flexibility index (Phi) is 7.48. The molecular weight excluding hydrogens is 392 g/mol. The number of imidazole rings is 1. The average Bonchev–Trinajstić information content (AvgIpc) is 3.14. The van der Waals surface area contributed by atoms with Crippen molar-refractivity contribution in [3.8, 4) is 0 Å². The normalized spacial score (nSPS) is 16.4. The van der Waals surface area contributed by atoms with Crippen molar-refractivity contribution >= 4 is 9.84 Å². The van der Waals surface area contributed by atoms with E-state index in [0.717, 1.165) is 55.7 Å². The first-order valence-corrected chi connectivity index (χ1v) is 11.8. The van der Waals surface area contributed by atoms with Gasteiger partial charge in [-0.1, -0.05) is 30.8 Å². The lowest BCUT2D eigenvalue weighted by molar-refractivity contribution is 0.181. The van der Waals surface area contributed by atoms with Crippen molar-refractivity contribution in [1.29, 1.82) is 0 Å². The molecule has 8 nitrogen and oxygen atoms in total. The molecule has 0 radical (unpaired) electrons. The molecule has 1 aliphatic carbocycles. The summed E-state index contributed by atoms with van der Waals surface area (Å²) in [4.78, 5) is 6.43. The molecule has 0 spiro atoms. The van der Waals surface area contributed by atoms with Crippen LogP contribution in [0.4, 0.5) is 0 Å². The van der Waals surface area contributed by atoms with Crippen LogP contribution in [-0.4, -0.2) is 54.0 Å². The van der Waals surface area contributed by atoms with Crippen LogP contribution in [-0.2, 0) is 34.2 Å². The fourth-order valence-electron chi connectivity index (χ4n) is 3.96. The fourth-order valence-corrected chi connectivity index (χ4v) is 5.93. The van der Waals surface area contributed by atoms with Gasteiger partial charge in [0.2, 0.25) is 15.0 Å². The Morgan fingerprint density at radius 1 is 1.24 bits per heavy atom. The Balaban J connectivity index is 1.81. The van der Waals surface area contributed by atoms with Gasteiger partial charge in [-0.2, -0.15) is 0 Å². The first-order valence-electron chi connectivity index (χ1n) is 10.3. The summed E-state index contributed by atoms with van der Waals surface area (Å²) in [5.74, 6) is 0.777. The number of aryl methyl sites for hydroxylation is 1. The SMILES string of the molecule is COCCn1c(CN(C)Cc2cc(C)no2)cnc1S(=O)(=O)C1CCCCCC1. The van der Waals surface area contributed by atoms with Crippen LogP contribution in [0.15, 0.2) is 21.9 Å². The van der Waals surface area contributed by atoms with Gasteiger partial charge in [-0.25, -0.2) is 13.4 Å². The van der Waals surface area contributed by atoms with Gasteiger partial charge in [-0.3, -0.25) is 4.90 Å². The molecule has 1 fully saturated rings. The Hall–Kier alpha value is -1.71. The van der Waals surface area contributed by atoms with Crippen LogP contribution in [0.1, 0.15) is 55.7 Å². The fraction of sp³-hybridized carbons (Fsp3) is 0.700. The van der Waals surface area contributed by atoms with Gasteiger partial charge < -0.3 is 13.8 Å². The second kappa shape index (κ2) is 9.86. The van der Waals surface area contributed by atoms with Crippen molar-refractivity contribution < 1.29 is 17.7 Å². The van der Waals surface area contributed by atoms with Gasteiger partial charge in [0, 0.05) is 26.3 Å². The summed E-state index contributed by atoms with van der Waals surface area (Å²) >= 11 is 0. The van der Waals surface area contributed by atoms with E-state index in [4.69, 9.17) is 9.26 Å². The van der Waals surface area contributed by atoms with E-state index in [1.54, 1.807) is 13.3 Å². The number of methoxy groups -OCH3 is 1. The molecule has 0 atom stereocenters. The molecule has 9 heteroatoms. The number of sulfone groups is 1. The van der Waals surface area contributed by atoms with Crippen LogP contribution in [0.25, 0.3) is 0 Å². The lowest BCUT2D eigenvalue weighted by Gasteiger charge is -2.19. The molecule has 2 heterocycles. The predicted molar refractivity (Wildman–Crippen MR) is 109 cm³/mol. The molecule has 0 amide bonds. The number of ether oxygens (including phenoxy) is 1. The van der Waals surface area contributed by atoms with Gasteiger partial charge in [0.25, 0.3) is 0 Å². The number of hydrogen-bond acceptors (Lipinski definition) is 7. The zero-order valence-electron chi connectivity index (χ0n) is 17.6. The molecule has 29 heavy (non-hydrogen) atoms. The van der Waals surface area contributed by atoms with Crippen LogP contribution >= 0.6 is 0 Å². The standard InChI is InChI=1S/C20H32N4O4S/c1-16-12-18(28-22-16)15-23(2)14-17-13-21-20(24(17)10-11-27-3)29(25,26)19-8-6-4-5-7-9-19/h12-13,19H,4-11,14-15H2,1-3H3. The van der Waals surface area contributed by atoms with Crippen LogP contribution in [0.2, 0.25) is 0 Å². The molecule has 1 saturated carbocycles. The molecule has 162 valence electrons. The second-order valence-corrected chi connectivity index (χ2v) is 10.1. The molecular formula is C20H32N4O4S. The zero-order valence-corrected chi connectivity index (χ0v) is 18.4. The van der Waals surface area contributed by atoms with Gasteiger partial charge >= 0.3 is 0 Å². The molecule has 2 aromatic rings. The summed E-state index contributed by atoms with van der Waals surface area (Å²) in [6, 6.07) is 1.90. The first kappa shape index (κ1) is 22.0. The van der Waals surface area contributed by atoms with Crippen molar-refractivity contribution in [1.82, 2.24) is 19.6 Å². The van der Waals surface area contributed by atoms with Crippen LogP contribution in [0.5, 0.6) is 0 Å². The smallest absolute Gasteiger partial charge is 0.228 e. The van der Waals surface area contributed by atoms with Gasteiger partial charge in [-0.15, -0.1) is 0 Å². The summed E-state index contributed by atoms with van der Waals surface area (Å²) in [5, 5.41) is 3.76. The molecule has 2 aromatic heterocycles. The molecule has 0 saturated heterocycles. The maximum Gasteiger partial charge on any atom is 0.228 e. The van der Waals surface area contributed by atoms with Crippen molar-refractivity contribution in [2.45, 2.75) is 75.5 Å². The topological polar surface area (TPSA) is 90.5 Å². The molecule has 0 aliphatic heterocycles. The van der Waals surface area contributed by atoms with E-state index in [9.17, 15) is 8.42 Å². The van der Waals surface area contributed by atoms with Crippen molar-refractivity contribution in [2.24, 2.45) is 0 Å². The highest BCUT2D eigenvalue weighted by Gasteiger charge is 2.32.